The lowest BCUT2D eigenvalue weighted by Crippen LogP contribution is -2.05. The molecule has 0 saturated carbocycles. The highest BCUT2D eigenvalue weighted by Crippen LogP contribution is 2.37. The molecule has 12 heavy (non-hydrogen) atoms. The van der Waals surface area contributed by atoms with Crippen molar-refractivity contribution in [2.75, 3.05) is 5.73 Å². The lowest BCUT2D eigenvalue weighted by atomic mass is 10.1. The van der Waals surface area contributed by atoms with E-state index in [1.807, 2.05) is 12.1 Å². The SMILES string of the molecule is CC1Cc2cc(N)cc(Br)c2O1. The molecule has 0 fully saturated rings. The Hall–Kier alpha value is -0.700. The molecule has 1 unspecified atom stereocenters. The van der Waals surface area contributed by atoms with Crippen LogP contribution in [0.4, 0.5) is 5.69 Å². The lowest BCUT2D eigenvalue weighted by molar-refractivity contribution is 0.253. The Balaban J connectivity index is 2.52. The summed E-state index contributed by atoms with van der Waals surface area (Å²) in [4.78, 5) is 0. The van der Waals surface area contributed by atoms with E-state index in [2.05, 4.69) is 22.9 Å². The van der Waals surface area contributed by atoms with Crippen LogP contribution in [0, 0.1) is 0 Å². The van der Waals surface area contributed by atoms with E-state index in [1.54, 1.807) is 0 Å². The number of hydrogen-bond donors (Lipinski definition) is 1. The highest BCUT2D eigenvalue weighted by atomic mass is 79.9. The number of ether oxygens (including phenoxy) is 1. The predicted octanol–water partition coefficient (Wildman–Crippen LogP) is 2.35. The Morgan fingerprint density at radius 1 is 1.58 bits per heavy atom. The number of benzene rings is 1. The zero-order valence-electron chi connectivity index (χ0n) is 6.80. The molecular formula is C9H10BrNO. The highest BCUT2D eigenvalue weighted by molar-refractivity contribution is 9.10. The first kappa shape index (κ1) is 7.92. The molecular weight excluding hydrogens is 218 g/mol. The van der Waals surface area contributed by atoms with Crippen molar-refractivity contribution in [1.82, 2.24) is 0 Å². The third-order valence-electron chi connectivity index (χ3n) is 1.97. The molecule has 0 amide bonds. The summed E-state index contributed by atoms with van der Waals surface area (Å²) in [5, 5.41) is 0. The van der Waals surface area contributed by atoms with E-state index >= 15 is 0 Å². The van der Waals surface area contributed by atoms with Crippen LogP contribution < -0.4 is 10.5 Å². The Morgan fingerprint density at radius 2 is 2.33 bits per heavy atom. The monoisotopic (exact) mass is 227 g/mol. The summed E-state index contributed by atoms with van der Waals surface area (Å²) in [6, 6.07) is 3.85. The molecule has 0 aromatic heterocycles. The average molecular weight is 228 g/mol. The maximum Gasteiger partial charge on any atom is 0.137 e. The van der Waals surface area contributed by atoms with Crippen molar-refractivity contribution in [1.29, 1.82) is 0 Å². The first-order valence-electron chi connectivity index (χ1n) is 3.91. The van der Waals surface area contributed by atoms with Gasteiger partial charge in [-0.15, -0.1) is 0 Å². The molecule has 0 spiro atoms. The maximum absolute atomic E-state index is 5.69. The first-order valence-corrected chi connectivity index (χ1v) is 4.70. The molecule has 1 atom stereocenters. The molecule has 1 aromatic rings. The molecule has 2 nitrogen and oxygen atoms in total. The molecule has 1 heterocycles. The van der Waals surface area contributed by atoms with Gasteiger partial charge in [0.15, 0.2) is 0 Å². The fourth-order valence-electron chi connectivity index (χ4n) is 1.51. The van der Waals surface area contributed by atoms with Crippen molar-refractivity contribution >= 4 is 21.6 Å². The summed E-state index contributed by atoms with van der Waals surface area (Å²) < 4.78 is 6.55. The van der Waals surface area contributed by atoms with Gasteiger partial charge in [0.05, 0.1) is 4.47 Å². The minimum atomic E-state index is 0.276. The Morgan fingerprint density at radius 3 is 3.08 bits per heavy atom. The smallest absolute Gasteiger partial charge is 0.137 e. The maximum atomic E-state index is 5.69. The van der Waals surface area contributed by atoms with Gasteiger partial charge in [0.25, 0.3) is 0 Å². The quantitative estimate of drug-likeness (QED) is 0.691. The van der Waals surface area contributed by atoms with Gasteiger partial charge >= 0.3 is 0 Å². The van der Waals surface area contributed by atoms with Crippen LogP contribution in [0.15, 0.2) is 16.6 Å². The van der Waals surface area contributed by atoms with Gasteiger partial charge in [-0.25, -0.2) is 0 Å². The number of halogens is 1. The Labute approximate surface area is 79.8 Å². The summed E-state index contributed by atoms with van der Waals surface area (Å²) in [5.41, 5.74) is 7.68. The van der Waals surface area contributed by atoms with Crippen LogP contribution >= 0.6 is 15.9 Å². The van der Waals surface area contributed by atoms with Gasteiger partial charge in [0.1, 0.15) is 11.9 Å². The van der Waals surface area contributed by atoms with Gasteiger partial charge < -0.3 is 10.5 Å². The van der Waals surface area contributed by atoms with E-state index < -0.39 is 0 Å². The molecule has 0 saturated heterocycles. The van der Waals surface area contributed by atoms with Crippen LogP contribution in [0.2, 0.25) is 0 Å². The summed E-state index contributed by atoms with van der Waals surface area (Å²) >= 11 is 3.42. The van der Waals surface area contributed by atoms with Crippen molar-refractivity contribution in [2.45, 2.75) is 19.4 Å². The van der Waals surface area contributed by atoms with E-state index in [4.69, 9.17) is 10.5 Å². The number of nitrogen functional groups attached to an aromatic ring is 1. The van der Waals surface area contributed by atoms with Crippen LogP contribution in [0.5, 0.6) is 5.75 Å². The molecule has 64 valence electrons. The van der Waals surface area contributed by atoms with Crippen molar-refractivity contribution < 1.29 is 4.74 Å². The van der Waals surface area contributed by atoms with E-state index in [0.717, 1.165) is 22.3 Å². The fourth-order valence-corrected chi connectivity index (χ4v) is 2.12. The summed E-state index contributed by atoms with van der Waals surface area (Å²) in [7, 11) is 0. The van der Waals surface area contributed by atoms with Crippen molar-refractivity contribution in [3.8, 4) is 5.75 Å². The van der Waals surface area contributed by atoms with Crippen molar-refractivity contribution in [3.05, 3.63) is 22.2 Å². The number of fused-ring (bicyclic) bond motifs is 1. The second kappa shape index (κ2) is 2.66. The molecule has 0 bridgehead atoms. The number of rotatable bonds is 0. The second-order valence-electron chi connectivity index (χ2n) is 3.12. The Kier molecular flexibility index (Phi) is 1.76. The molecule has 0 radical (unpaired) electrons. The number of anilines is 1. The average Bonchev–Trinajstić information content (AvgIpc) is 2.29. The van der Waals surface area contributed by atoms with Gasteiger partial charge in [-0.3, -0.25) is 0 Å². The topological polar surface area (TPSA) is 35.2 Å². The van der Waals surface area contributed by atoms with Crippen LogP contribution in [0.3, 0.4) is 0 Å². The van der Waals surface area contributed by atoms with Gasteiger partial charge in [0.2, 0.25) is 0 Å². The fraction of sp³-hybridized carbons (Fsp3) is 0.333. The zero-order valence-corrected chi connectivity index (χ0v) is 8.39. The van der Waals surface area contributed by atoms with Crippen LogP contribution in [-0.2, 0) is 6.42 Å². The zero-order chi connectivity index (χ0) is 8.72. The van der Waals surface area contributed by atoms with Gasteiger partial charge in [-0.05, 0) is 35.0 Å². The van der Waals surface area contributed by atoms with Crippen LogP contribution in [-0.4, -0.2) is 6.10 Å². The molecule has 2 rings (SSSR count). The van der Waals surface area contributed by atoms with Crippen LogP contribution in [0.25, 0.3) is 0 Å². The van der Waals surface area contributed by atoms with Gasteiger partial charge in [-0.1, -0.05) is 0 Å². The molecule has 1 aromatic carbocycles. The van der Waals surface area contributed by atoms with Crippen molar-refractivity contribution in [2.24, 2.45) is 0 Å². The molecule has 0 aliphatic carbocycles. The third kappa shape index (κ3) is 1.18. The van der Waals surface area contributed by atoms with E-state index in [9.17, 15) is 0 Å². The second-order valence-corrected chi connectivity index (χ2v) is 3.98. The van der Waals surface area contributed by atoms with Crippen LogP contribution in [0.1, 0.15) is 12.5 Å². The molecule has 1 aliphatic rings. The van der Waals surface area contributed by atoms with E-state index in [0.29, 0.717) is 0 Å². The number of hydrogen-bond acceptors (Lipinski definition) is 2. The largest absolute Gasteiger partial charge is 0.489 e. The van der Waals surface area contributed by atoms with Crippen molar-refractivity contribution in [3.63, 3.8) is 0 Å². The summed E-state index contributed by atoms with van der Waals surface area (Å²) in [6.07, 6.45) is 1.23. The lowest BCUT2D eigenvalue weighted by Gasteiger charge is -2.04. The van der Waals surface area contributed by atoms with E-state index in [1.165, 1.54) is 5.56 Å². The minimum Gasteiger partial charge on any atom is -0.489 e. The van der Waals surface area contributed by atoms with E-state index in [-0.39, 0.29) is 6.10 Å². The first-order chi connectivity index (χ1) is 5.66. The standard InChI is InChI=1S/C9H10BrNO/c1-5-2-6-3-7(11)4-8(10)9(6)12-5/h3-5H,2,11H2,1H3. The minimum absolute atomic E-state index is 0.276. The normalized spacial score (nSPS) is 20.3. The van der Waals surface area contributed by atoms with Gasteiger partial charge in [-0.2, -0.15) is 0 Å². The highest BCUT2D eigenvalue weighted by Gasteiger charge is 2.21. The summed E-state index contributed by atoms with van der Waals surface area (Å²) in [6.45, 7) is 2.06. The number of nitrogens with two attached hydrogens (primary N) is 1. The molecule has 3 heteroatoms. The predicted molar refractivity (Wildman–Crippen MR) is 52.3 cm³/mol. The molecule has 1 aliphatic heterocycles. The third-order valence-corrected chi connectivity index (χ3v) is 2.56. The summed E-state index contributed by atoms with van der Waals surface area (Å²) in [5.74, 6) is 0.955. The van der Waals surface area contributed by atoms with Gasteiger partial charge in [0, 0.05) is 17.7 Å². The molecule has 2 N–H and O–H groups in total. The Bertz CT molecular complexity index is 325.